The Kier molecular flexibility index (Phi) is 44.5. The van der Waals surface area contributed by atoms with Crippen LogP contribution in [0.15, 0.2) is 0 Å². The second-order valence-electron chi connectivity index (χ2n) is 0.402. The second kappa shape index (κ2) is 19.0. The number of aliphatic hydroxyl groups excluding tert-OH is 1. The fourth-order valence-corrected chi connectivity index (χ4v) is 0. The fourth-order valence-electron chi connectivity index (χ4n) is 0. The summed E-state index contributed by atoms with van der Waals surface area (Å²) in [6, 6.07) is -0.833. The number of amides is 2. The quantitative estimate of drug-likeness (QED) is 0.312. The first-order chi connectivity index (χ1) is 2.73. The molecule has 0 fully saturated rings. The van der Waals surface area contributed by atoms with Crippen molar-refractivity contribution < 1.29 is 9.90 Å². The molecular formula is C2H11N3O2. The fraction of sp³-hybridized carbons (Fsp3) is 0.500. The standard InChI is InChI=1S/CH4N2O.CH4O.H3N/c2-1(3)4;1-2;/h(H4,2,3,4);2H,1H3;1H3. The number of carbonyl (C=O) groups is 1. The average Bonchev–Trinajstić information content (AvgIpc) is 1.41. The Morgan fingerprint density at radius 1 is 1.43 bits per heavy atom. The summed E-state index contributed by atoms with van der Waals surface area (Å²) in [4.78, 5) is 9.00. The van der Waals surface area contributed by atoms with Crippen molar-refractivity contribution in [3.05, 3.63) is 0 Å². The van der Waals surface area contributed by atoms with Gasteiger partial charge in [0.15, 0.2) is 0 Å². The van der Waals surface area contributed by atoms with Crippen LogP contribution in [0.1, 0.15) is 0 Å². The molecule has 5 heteroatoms. The molecule has 0 heterocycles. The maximum atomic E-state index is 9.00. The molecule has 0 spiro atoms. The van der Waals surface area contributed by atoms with E-state index >= 15 is 0 Å². The molecule has 0 rings (SSSR count). The third-order valence-corrected chi connectivity index (χ3v) is 0. The first-order valence-corrected chi connectivity index (χ1v) is 1.23. The van der Waals surface area contributed by atoms with Crippen molar-refractivity contribution in [2.75, 3.05) is 7.11 Å². The normalized spacial score (nSPS) is 4.29. The Balaban J connectivity index is -0.0000000480. The van der Waals surface area contributed by atoms with E-state index in [1.165, 1.54) is 0 Å². The lowest BCUT2D eigenvalue weighted by molar-refractivity contribution is 0.256. The Labute approximate surface area is 41.9 Å². The molecule has 0 aliphatic rings. The van der Waals surface area contributed by atoms with Gasteiger partial charge in [-0.15, -0.1) is 0 Å². The number of hydrogen-bond donors (Lipinski definition) is 4. The van der Waals surface area contributed by atoms with Gasteiger partial charge in [0.25, 0.3) is 0 Å². The van der Waals surface area contributed by atoms with Gasteiger partial charge in [0.1, 0.15) is 0 Å². The predicted octanol–water partition coefficient (Wildman–Crippen LogP) is -1.21. The number of carbonyl (C=O) groups excluding carboxylic acids is 1. The minimum absolute atomic E-state index is 0. The van der Waals surface area contributed by atoms with Gasteiger partial charge in [-0.3, -0.25) is 0 Å². The van der Waals surface area contributed by atoms with Crippen LogP contribution < -0.4 is 17.6 Å². The van der Waals surface area contributed by atoms with E-state index in [1.54, 1.807) is 0 Å². The molecule has 0 aromatic rings. The largest absolute Gasteiger partial charge is 0.400 e. The molecule has 0 radical (unpaired) electrons. The first-order valence-electron chi connectivity index (χ1n) is 1.23. The minimum Gasteiger partial charge on any atom is -0.400 e. The summed E-state index contributed by atoms with van der Waals surface area (Å²) in [6.07, 6.45) is 0. The summed E-state index contributed by atoms with van der Waals surface area (Å²) >= 11 is 0. The van der Waals surface area contributed by atoms with E-state index in [-0.39, 0.29) is 6.15 Å². The van der Waals surface area contributed by atoms with Crippen molar-refractivity contribution in [1.29, 1.82) is 0 Å². The molecule has 46 valence electrons. The summed E-state index contributed by atoms with van der Waals surface area (Å²) in [6.45, 7) is 0. The smallest absolute Gasteiger partial charge is 0.309 e. The molecule has 7 heavy (non-hydrogen) atoms. The van der Waals surface area contributed by atoms with Crippen LogP contribution in [0.2, 0.25) is 0 Å². The number of hydrogen-bond acceptors (Lipinski definition) is 3. The number of nitrogens with two attached hydrogens (primary N) is 2. The lowest BCUT2D eigenvalue weighted by Crippen LogP contribution is -2.18. The van der Waals surface area contributed by atoms with Crippen LogP contribution in [0, 0.1) is 0 Å². The van der Waals surface area contributed by atoms with E-state index in [2.05, 4.69) is 11.5 Å². The summed E-state index contributed by atoms with van der Waals surface area (Å²) < 4.78 is 0. The highest BCUT2D eigenvalue weighted by Crippen LogP contribution is 1.25. The number of aliphatic hydroxyl groups is 1. The minimum atomic E-state index is -0.833. The molecule has 0 aliphatic carbocycles. The van der Waals surface area contributed by atoms with Crippen molar-refractivity contribution in [3.8, 4) is 0 Å². The van der Waals surface area contributed by atoms with Crippen LogP contribution >= 0.6 is 0 Å². The molecule has 0 aliphatic heterocycles. The average molecular weight is 109 g/mol. The Hall–Kier alpha value is -0.810. The third-order valence-electron chi connectivity index (χ3n) is 0. The SMILES string of the molecule is CO.N.NC(N)=O. The molecular weight excluding hydrogens is 98.0 g/mol. The van der Waals surface area contributed by atoms with Gasteiger partial charge in [-0.2, -0.15) is 0 Å². The van der Waals surface area contributed by atoms with Crippen molar-refractivity contribution in [2.45, 2.75) is 0 Å². The molecule has 0 atom stereocenters. The third kappa shape index (κ3) is 80.5. The van der Waals surface area contributed by atoms with E-state index in [4.69, 9.17) is 9.90 Å². The number of rotatable bonds is 0. The van der Waals surface area contributed by atoms with Gasteiger partial charge >= 0.3 is 6.03 Å². The summed E-state index contributed by atoms with van der Waals surface area (Å²) in [5.74, 6) is 0. The highest BCUT2D eigenvalue weighted by atomic mass is 16.2. The van der Waals surface area contributed by atoms with Crippen LogP contribution in [-0.4, -0.2) is 18.2 Å². The maximum absolute atomic E-state index is 9.00. The Morgan fingerprint density at radius 2 is 1.43 bits per heavy atom. The van der Waals surface area contributed by atoms with Crippen LogP contribution in [-0.2, 0) is 0 Å². The van der Waals surface area contributed by atoms with Gasteiger partial charge < -0.3 is 22.7 Å². The maximum Gasteiger partial charge on any atom is 0.309 e. The summed E-state index contributed by atoms with van der Waals surface area (Å²) in [5.41, 5.74) is 8.50. The molecule has 0 saturated heterocycles. The van der Waals surface area contributed by atoms with Gasteiger partial charge in [-0.1, -0.05) is 0 Å². The van der Waals surface area contributed by atoms with Crippen molar-refractivity contribution in [2.24, 2.45) is 11.5 Å². The molecule has 0 unspecified atom stereocenters. The summed E-state index contributed by atoms with van der Waals surface area (Å²) in [7, 11) is 1.00. The topological polar surface area (TPSA) is 124 Å². The van der Waals surface area contributed by atoms with Crippen molar-refractivity contribution in [1.82, 2.24) is 6.15 Å². The molecule has 0 aromatic carbocycles. The van der Waals surface area contributed by atoms with E-state index in [1.807, 2.05) is 0 Å². The van der Waals surface area contributed by atoms with Crippen LogP contribution in [0.3, 0.4) is 0 Å². The molecule has 2 amide bonds. The second-order valence-corrected chi connectivity index (χ2v) is 0.402. The molecule has 0 saturated carbocycles. The zero-order valence-corrected chi connectivity index (χ0v) is 4.22. The van der Waals surface area contributed by atoms with Crippen LogP contribution in [0.25, 0.3) is 0 Å². The van der Waals surface area contributed by atoms with Crippen LogP contribution in [0.5, 0.6) is 0 Å². The first kappa shape index (κ1) is 16.4. The Bertz CT molecular complexity index is 33.9. The lowest BCUT2D eigenvalue weighted by Gasteiger charge is -1.62. The molecule has 8 N–H and O–H groups in total. The molecule has 0 bridgehead atoms. The number of primary amides is 2. The Morgan fingerprint density at radius 3 is 1.43 bits per heavy atom. The van der Waals surface area contributed by atoms with Gasteiger partial charge in [-0.05, 0) is 0 Å². The van der Waals surface area contributed by atoms with Gasteiger partial charge in [0, 0.05) is 7.11 Å². The van der Waals surface area contributed by atoms with E-state index in [9.17, 15) is 0 Å². The van der Waals surface area contributed by atoms with Crippen molar-refractivity contribution >= 4 is 6.03 Å². The zero-order chi connectivity index (χ0) is 5.58. The molecule has 5 nitrogen and oxygen atoms in total. The van der Waals surface area contributed by atoms with Gasteiger partial charge in [-0.25, -0.2) is 4.79 Å². The van der Waals surface area contributed by atoms with E-state index in [0.29, 0.717) is 0 Å². The highest BCUT2D eigenvalue weighted by Gasteiger charge is 1.60. The van der Waals surface area contributed by atoms with Gasteiger partial charge in [0.2, 0.25) is 0 Å². The molecule has 0 aromatic heterocycles. The van der Waals surface area contributed by atoms with Crippen LogP contribution in [0.4, 0.5) is 4.79 Å². The van der Waals surface area contributed by atoms with Gasteiger partial charge in [0.05, 0.1) is 0 Å². The zero-order valence-electron chi connectivity index (χ0n) is 4.22. The predicted molar refractivity (Wildman–Crippen MR) is 26.9 cm³/mol. The summed E-state index contributed by atoms with van der Waals surface area (Å²) in [5, 5.41) is 7.00. The van der Waals surface area contributed by atoms with E-state index in [0.717, 1.165) is 7.11 Å². The van der Waals surface area contributed by atoms with E-state index < -0.39 is 6.03 Å². The lowest BCUT2D eigenvalue weighted by atomic mass is 11.2. The number of urea groups is 1. The monoisotopic (exact) mass is 109 g/mol. The van der Waals surface area contributed by atoms with Crippen molar-refractivity contribution in [3.63, 3.8) is 0 Å². The highest BCUT2D eigenvalue weighted by molar-refractivity contribution is 5.69.